The van der Waals surface area contributed by atoms with Gasteiger partial charge in [0.2, 0.25) is 5.91 Å². The Kier molecular flexibility index (Phi) is 3.38. The highest BCUT2D eigenvalue weighted by atomic mass is 32.1. The topological polar surface area (TPSA) is 55.1 Å². The molecule has 0 spiro atoms. The first-order valence-electron chi connectivity index (χ1n) is 5.31. The van der Waals surface area contributed by atoms with E-state index in [0.29, 0.717) is 0 Å². The van der Waals surface area contributed by atoms with Crippen LogP contribution in [0.2, 0.25) is 0 Å². The quantitative estimate of drug-likeness (QED) is 0.814. The SMILES string of the molecule is NC(=O)C1CCCC1NCc1ccsc1. The molecule has 1 saturated carbocycles. The second kappa shape index (κ2) is 4.77. The van der Waals surface area contributed by atoms with Crippen molar-refractivity contribution in [3.8, 4) is 0 Å². The third kappa shape index (κ3) is 2.58. The van der Waals surface area contributed by atoms with Gasteiger partial charge in [0.1, 0.15) is 0 Å². The van der Waals surface area contributed by atoms with Gasteiger partial charge in [-0.15, -0.1) is 0 Å². The number of thiophene rings is 1. The second-order valence-electron chi connectivity index (χ2n) is 4.06. The van der Waals surface area contributed by atoms with E-state index in [2.05, 4.69) is 22.1 Å². The minimum Gasteiger partial charge on any atom is -0.369 e. The lowest BCUT2D eigenvalue weighted by molar-refractivity contribution is -0.122. The summed E-state index contributed by atoms with van der Waals surface area (Å²) in [6.07, 6.45) is 3.11. The number of nitrogens with two attached hydrogens (primary N) is 1. The zero-order chi connectivity index (χ0) is 10.7. The molecule has 0 bridgehead atoms. The predicted octanol–water partition coefficient (Wildman–Crippen LogP) is 1.49. The van der Waals surface area contributed by atoms with Gasteiger partial charge < -0.3 is 11.1 Å². The Morgan fingerprint density at radius 3 is 3.13 bits per heavy atom. The van der Waals surface area contributed by atoms with Crippen LogP contribution in [0.15, 0.2) is 16.8 Å². The maximum absolute atomic E-state index is 11.2. The fourth-order valence-corrected chi connectivity index (χ4v) is 2.86. The second-order valence-corrected chi connectivity index (χ2v) is 4.84. The standard InChI is InChI=1S/C11H16N2OS/c12-11(14)9-2-1-3-10(9)13-6-8-4-5-15-7-8/h4-5,7,9-10,13H,1-3,6H2,(H2,12,14). The lowest BCUT2D eigenvalue weighted by atomic mass is 10.0. The van der Waals surface area contributed by atoms with E-state index in [1.807, 2.05) is 0 Å². The Labute approximate surface area is 93.7 Å². The zero-order valence-corrected chi connectivity index (χ0v) is 9.43. The van der Waals surface area contributed by atoms with Crippen LogP contribution < -0.4 is 11.1 Å². The average molecular weight is 224 g/mol. The molecule has 1 fully saturated rings. The first-order chi connectivity index (χ1) is 7.27. The third-order valence-electron chi connectivity index (χ3n) is 3.03. The summed E-state index contributed by atoms with van der Waals surface area (Å²) in [7, 11) is 0. The van der Waals surface area contributed by atoms with Crippen LogP contribution in [0, 0.1) is 5.92 Å². The molecule has 1 aliphatic carbocycles. The number of hydrogen-bond donors (Lipinski definition) is 2. The van der Waals surface area contributed by atoms with Gasteiger partial charge >= 0.3 is 0 Å². The molecular weight excluding hydrogens is 208 g/mol. The molecule has 0 aliphatic heterocycles. The molecule has 4 heteroatoms. The van der Waals surface area contributed by atoms with Crippen molar-refractivity contribution in [2.45, 2.75) is 31.8 Å². The third-order valence-corrected chi connectivity index (χ3v) is 3.76. The minimum atomic E-state index is -0.157. The summed E-state index contributed by atoms with van der Waals surface area (Å²) in [4.78, 5) is 11.2. The Morgan fingerprint density at radius 2 is 2.47 bits per heavy atom. The molecule has 0 aromatic carbocycles. The average Bonchev–Trinajstić information content (AvgIpc) is 2.86. The van der Waals surface area contributed by atoms with Gasteiger partial charge in [0, 0.05) is 12.6 Å². The highest BCUT2D eigenvalue weighted by Gasteiger charge is 2.30. The molecule has 1 amide bonds. The monoisotopic (exact) mass is 224 g/mol. The summed E-state index contributed by atoms with van der Waals surface area (Å²) in [6.45, 7) is 0.845. The van der Waals surface area contributed by atoms with Crippen molar-refractivity contribution >= 4 is 17.2 Å². The highest BCUT2D eigenvalue weighted by molar-refractivity contribution is 7.07. The van der Waals surface area contributed by atoms with E-state index >= 15 is 0 Å². The van der Waals surface area contributed by atoms with Crippen LogP contribution in [0.5, 0.6) is 0 Å². The van der Waals surface area contributed by atoms with Crippen LogP contribution in [0.1, 0.15) is 24.8 Å². The van der Waals surface area contributed by atoms with E-state index in [1.54, 1.807) is 11.3 Å². The molecule has 1 heterocycles. The van der Waals surface area contributed by atoms with Gasteiger partial charge in [-0.05, 0) is 35.2 Å². The fourth-order valence-electron chi connectivity index (χ4n) is 2.19. The number of carbonyl (C=O) groups excluding carboxylic acids is 1. The summed E-state index contributed by atoms with van der Waals surface area (Å²) in [5.74, 6) is -0.126. The lowest BCUT2D eigenvalue weighted by Crippen LogP contribution is -2.38. The van der Waals surface area contributed by atoms with Gasteiger partial charge in [-0.2, -0.15) is 11.3 Å². The number of nitrogens with one attached hydrogen (secondary N) is 1. The molecule has 3 nitrogen and oxygen atoms in total. The zero-order valence-electron chi connectivity index (χ0n) is 8.61. The van der Waals surface area contributed by atoms with Crippen molar-refractivity contribution < 1.29 is 4.79 Å². The largest absolute Gasteiger partial charge is 0.369 e. The van der Waals surface area contributed by atoms with Crippen molar-refractivity contribution in [2.24, 2.45) is 11.7 Å². The van der Waals surface area contributed by atoms with Gasteiger partial charge in [-0.25, -0.2) is 0 Å². The van der Waals surface area contributed by atoms with Crippen LogP contribution in [0.25, 0.3) is 0 Å². The van der Waals surface area contributed by atoms with E-state index in [-0.39, 0.29) is 17.9 Å². The Hall–Kier alpha value is -0.870. The van der Waals surface area contributed by atoms with Gasteiger partial charge in [-0.1, -0.05) is 6.42 Å². The summed E-state index contributed by atoms with van der Waals surface area (Å²) < 4.78 is 0. The number of rotatable bonds is 4. The Bertz CT molecular complexity index is 323. The molecule has 1 aliphatic rings. The molecule has 2 unspecified atom stereocenters. The smallest absolute Gasteiger partial charge is 0.222 e. The predicted molar refractivity (Wildman–Crippen MR) is 61.5 cm³/mol. The summed E-state index contributed by atoms with van der Waals surface area (Å²) in [5, 5.41) is 7.61. The van der Waals surface area contributed by atoms with Crippen LogP contribution in [-0.2, 0) is 11.3 Å². The van der Waals surface area contributed by atoms with Crippen molar-refractivity contribution in [1.82, 2.24) is 5.32 Å². The maximum atomic E-state index is 11.2. The minimum absolute atomic E-state index is 0.0311. The van der Waals surface area contributed by atoms with E-state index in [1.165, 1.54) is 5.56 Å². The first kappa shape index (κ1) is 10.6. The van der Waals surface area contributed by atoms with Crippen LogP contribution in [-0.4, -0.2) is 11.9 Å². The van der Waals surface area contributed by atoms with E-state index < -0.39 is 0 Å². The van der Waals surface area contributed by atoms with E-state index in [0.717, 1.165) is 25.8 Å². The molecule has 1 aromatic rings. The molecule has 3 N–H and O–H groups in total. The van der Waals surface area contributed by atoms with Crippen molar-refractivity contribution in [3.63, 3.8) is 0 Å². The van der Waals surface area contributed by atoms with E-state index in [4.69, 9.17) is 5.73 Å². The van der Waals surface area contributed by atoms with Crippen molar-refractivity contribution in [1.29, 1.82) is 0 Å². The number of carbonyl (C=O) groups is 1. The molecule has 0 radical (unpaired) electrons. The summed E-state index contributed by atoms with van der Waals surface area (Å²) >= 11 is 1.70. The van der Waals surface area contributed by atoms with Gasteiger partial charge in [0.15, 0.2) is 0 Å². The molecule has 15 heavy (non-hydrogen) atoms. The van der Waals surface area contributed by atoms with Crippen LogP contribution >= 0.6 is 11.3 Å². The fraction of sp³-hybridized carbons (Fsp3) is 0.545. The molecular formula is C11H16N2OS. The van der Waals surface area contributed by atoms with E-state index in [9.17, 15) is 4.79 Å². The first-order valence-corrected chi connectivity index (χ1v) is 6.25. The normalized spacial score (nSPS) is 25.6. The molecule has 82 valence electrons. The van der Waals surface area contributed by atoms with Crippen molar-refractivity contribution in [3.05, 3.63) is 22.4 Å². The van der Waals surface area contributed by atoms with Gasteiger partial charge in [-0.3, -0.25) is 4.79 Å². The molecule has 2 rings (SSSR count). The van der Waals surface area contributed by atoms with Crippen LogP contribution in [0.4, 0.5) is 0 Å². The lowest BCUT2D eigenvalue weighted by Gasteiger charge is -2.17. The molecule has 0 saturated heterocycles. The highest BCUT2D eigenvalue weighted by Crippen LogP contribution is 2.25. The summed E-state index contributed by atoms with van der Waals surface area (Å²) in [6, 6.07) is 2.38. The number of primary amides is 1. The van der Waals surface area contributed by atoms with Crippen molar-refractivity contribution in [2.75, 3.05) is 0 Å². The van der Waals surface area contributed by atoms with Gasteiger partial charge in [0.25, 0.3) is 0 Å². The number of amides is 1. The maximum Gasteiger partial charge on any atom is 0.222 e. The van der Waals surface area contributed by atoms with Crippen LogP contribution in [0.3, 0.4) is 0 Å². The molecule has 1 aromatic heterocycles. The molecule has 2 atom stereocenters. The van der Waals surface area contributed by atoms with Gasteiger partial charge in [0.05, 0.1) is 5.92 Å². The summed E-state index contributed by atoms with van der Waals surface area (Å²) in [5.41, 5.74) is 6.65. The number of hydrogen-bond acceptors (Lipinski definition) is 3. The Morgan fingerprint density at radius 1 is 1.60 bits per heavy atom. The Balaban J connectivity index is 1.86.